The molecule has 1 rings (SSSR count). The minimum absolute atomic E-state index is 0.191. The molecule has 0 N–H and O–H groups in total. The number of carbonyl (C=O) groups excluding carboxylic acids is 2. The lowest BCUT2D eigenvalue weighted by Crippen LogP contribution is -2.25. The molecule has 6 nitrogen and oxygen atoms in total. The summed E-state index contributed by atoms with van der Waals surface area (Å²) >= 11 is 0. The number of unbranched alkanes of at least 4 members (excludes halogenated alkanes) is 2. The second kappa shape index (κ2) is 16.4. The van der Waals surface area contributed by atoms with E-state index in [2.05, 4.69) is 39.8 Å². The second-order valence-electron chi connectivity index (χ2n) is 12.5. The van der Waals surface area contributed by atoms with Crippen LogP contribution >= 0.6 is 0 Å². The lowest BCUT2D eigenvalue weighted by atomic mass is 9.97. The number of ether oxygens (including phenoxy) is 4. The van der Waals surface area contributed by atoms with E-state index in [0.29, 0.717) is 17.9 Å². The van der Waals surface area contributed by atoms with E-state index in [1.54, 1.807) is 0 Å². The molecule has 1 aromatic rings. The number of hydrogen-bond donors (Lipinski definition) is 0. The number of esters is 2. The maximum absolute atomic E-state index is 12.3. The van der Waals surface area contributed by atoms with Gasteiger partial charge in [-0.1, -0.05) is 43.1 Å². The van der Waals surface area contributed by atoms with E-state index in [9.17, 15) is 9.59 Å². The minimum atomic E-state index is -0.621. The molecule has 0 aliphatic rings. The second-order valence-corrected chi connectivity index (χ2v) is 12.5. The van der Waals surface area contributed by atoms with Crippen molar-refractivity contribution >= 4 is 11.9 Å². The first-order chi connectivity index (χ1) is 18.1. The lowest BCUT2D eigenvalue weighted by Gasteiger charge is -2.21. The van der Waals surface area contributed by atoms with Crippen molar-refractivity contribution in [2.75, 3.05) is 13.6 Å². The van der Waals surface area contributed by atoms with E-state index >= 15 is 0 Å². The molecular formula is C33H52O6. The lowest BCUT2D eigenvalue weighted by molar-refractivity contribution is -0.160. The Morgan fingerprint density at radius 3 is 1.74 bits per heavy atom. The number of rotatable bonds is 15. The van der Waals surface area contributed by atoms with Crippen molar-refractivity contribution in [1.82, 2.24) is 0 Å². The summed E-state index contributed by atoms with van der Waals surface area (Å²) in [6, 6.07) is 4.02. The normalized spacial score (nSPS) is 12.1. The molecule has 0 unspecified atom stereocenters. The van der Waals surface area contributed by atoms with E-state index in [1.807, 2.05) is 53.7 Å². The molecule has 0 fully saturated rings. The van der Waals surface area contributed by atoms with Crippen molar-refractivity contribution in [3.8, 4) is 11.5 Å². The molecule has 0 amide bonds. The monoisotopic (exact) mass is 544 g/mol. The van der Waals surface area contributed by atoms with Gasteiger partial charge in [0.05, 0.1) is 10.8 Å². The highest BCUT2D eigenvalue weighted by Gasteiger charge is 2.24. The van der Waals surface area contributed by atoms with Gasteiger partial charge in [0.2, 0.25) is 13.6 Å². The predicted octanol–water partition coefficient (Wildman–Crippen LogP) is 8.51. The Labute approximate surface area is 237 Å². The molecule has 0 aliphatic carbocycles. The Morgan fingerprint density at radius 2 is 1.31 bits per heavy atom. The Kier molecular flexibility index (Phi) is 14.4. The molecule has 6 heteroatoms. The average molecular weight is 545 g/mol. The zero-order valence-electron chi connectivity index (χ0n) is 26.1. The molecule has 0 saturated heterocycles. The van der Waals surface area contributed by atoms with Crippen molar-refractivity contribution in [3.63, 3.8) is 0 Å². The van der Waals surface area contributed by atoms with Gasteiger partial charge in [0.15, 0.2) is 0 Å². The molecule has 1 aromatic carbocycles. The molecule has 39 heavy (non-hydrogen) atoms. The summed E-state index contributed by atoms with van der Waals surface area (Å²) in [5, 5.41) is 0. The standard InChI is InChI=1S/C33H52O6/c1-11-12-13-17-26-20-28(36-22-38-30(34)32(5,6)7)27(19-18-25(4)16-14-15-24(2)3)29(21-26)37-23-39-31(35)33(8,9)10/h15,18,20-21H,11-14,16-17,19,22-23H2,1-10H3/b25-18+. The summed E-state index contributed by atoms with van der Waals surface area (Å²) in [5.41, 5.74) is 3.21. The van der Waals surface area contributed by atoms with Crippen LogP contribution in [0.5, 0.6) is 11.5 Å². The first-order valence-corrected chi connectivity index (χ1v) is 14.2. The Hall–Kier alpha value is -2.76. The summed E-state index contributed by atoms with van der Waals surface area (Å²) in [6.07, 6.45) is 11.1. The van der Waals surface area contributed by atoms with Gasteiger partial charge in [0.25, 0.3) is 0 Å². The highest BCUT2D eigenvalue weighted by atomic mass is 16.7. The fourth-order valence-electron chi connectivity index (χ4n) is 3.55. The Balaban J connectivity index is 3.31. The van der Waals surface area contributed by atoms with Gasteiger partial charge in [-0.05, 0) is 112 Å². The van der Waals surface area contributed by atoms with Crippen LogP contribution in [0.1, 0.15) is 112 Å². The summed E-state index contributed by atoms with van der Waals surface area (Å²) in [7, 11) is 0. The van der Waals surface area contributed by atoms with E-state index in [4.69, 9.17) is 18.9 Å². The predicted molar refractivity (Wildman–Crippen MR) is 158 cm³/mol. The van der Waals surface area contributed by atoms with Gasteiger partial charge >= 0.3 is 11.9 Å². The van der Waals surface area contributed by atoms with Crippen LogP contribution in [0.4, 0.5) is 0 Å². The number of hydrogen-bond acceptors (Lipinski definition) is 6. The highest BCUT2D eigenvalue weighted by Crippen LogP contribution is 2.33. The third-order valence-electron chi connectivity index (χ3n) is 6.08. The SMILES string of the molecule is CCCCCc1cc(OCOC(=O)C(C)(C)C)c(C/C=C(\C)CCC=C(C)C)c(OCOC(=O)C(C)(C)C)c1. The van der Waals surface area contributed by atoms with Crippen LogP contribution in [0.25, 0.3) is 0 Å². The Morgan fingerprint density at radius 1 is 0.795 bits per heavy atom. The zero-order valence-corrected chi connectivity index (χ0v) is 26.1. The van der Waals surface area contributed by atoms with Crippen LogP contribution in [-0.4, -0.2) is 25.5 Å². The molecule has 0 bridgehead atoms. The first kappa shape index (κ1) is 34.3. The van der Waals surface area contributed by atoms with Crippen LogP contribution in [0, 0.1) is 10.8 Å². The van der Waals surface area contributed by atoms with Gasteiger partial charge in [-0.15, -0.1) is 0 Å². The van der Waals surface area contributed by atoms with Crippen LogP contribution in [0.3, 0.4) is 0 Å². The fourth-order valence-corrected chi connectivity index (χ4v) is 3.55. The molecule has 0 radical (unpaired) electrons. The van der Waals surface area contributed by atoms with Crippen molar-refractivity contribution in [3.05, 3.63) is 46.6 Å². The van der Waals surface area contributed by atoms with E-state index in [0.717, 1.165) is 49.7 Å². The van der Waals surface area contributed by atoms with Crippen molar-refractivity contribution in [2.24, 2.45) is 10.8 Å². The molecular weight excluding hydrogens is 492 g/mol. The molecule has 220 valence electrons. The van der Waals surface area contributed by atoms with Crippen LogP contribution in [-0.2, 0) is 31.9 Å². The molecule has 0 spiro atoms. The molecule has 0 atom stereocenters. The summed E-state index contributed by atoms with van der Waals surface area (Å²) in [5.74, 6) is 0.555. The average Bonchev–Trinajstić information content (AvgIpc) is 2.82. The third-order valence-corrected chi connectivity index (χ3v) is 6.08. The topological polar surface area (TPSA) is 71.1 Å². The fraction of sp³-hybridized carbons (Fsp3) is 0.636. The molecule has 0 saturated carbocycles. The minimum Gasteiger partial charge on any atom is -0.457 e. The highest BCUT2D eigenvalue weighted by molar-refractivity contribution is 5.75. The van der Waals surface area contributed by atoms with E-state index < -0.39 is 10.8 Å². The van der Waals surface area contributed by atoms with Gasteiger partial charge < -0.3 is 18.9 Å². The summed E-state index contributed by atoms with van der Waals surface area (Å²) < 4.78 is 22.9. The van der Waals surface area contributed by atoms with Crippen LogP contribution in [0.2, 0.25) is 0 Å². The quantitative estimate of drug-likeness (QED) is 0.0954. The largest absolute Gasteiger partial charge is 0.457 e. The number of allylic oxidation sites excluding steroid dienone is 4. The van der Waals surface area contributed by atoms with Crippen LogP contribution < -0.4 is 9.47 Å². The van der Waals surface area contributed by atoms with Gasteiger partial charge in [-0.25, -0.2) is 0 Å². The van der Waals surface area contributed by atoms with Crippen molar-refractivity contribution in [1.29, 1.82) is 0 Å². The van der Waals surface area contributed by atoms with Crippen molar-refractivity contribution < 1.29 is 28.5 Å². The summed E-state index contributed by atoms with van der Waals surface area (Å²) in [6.45, 7) is 19.0. The van der Waals surface area contributed by atoms with Gasteiger partial charge in [0, 0.05) is 5.56 Å². The third kappa shape index (κ3) is 13.7. The van der Waals surface area contributed by atoms with E-state index in [1.165, 1.54) is 11.1 Å². The van der Waals surface area contributed by atoms with Crippen molar-refractivity contribution in [2.45, 2.75) is 114 Å². The zero-order chi connectivity index (χ0) is 29.6. The van der Waals surface area contributed by atoms with Gasteiger partial charge in [-0.2, -0.15) is 0 Å². The number of carbonyl (C=O) groups is 2. The smallest absolute Gasteiger partial charge is 0.314 e. The van der Waals surface area contributed by atoms with Gasteiger partial charge in [-0.3, -0.25) is 9.59 Å². The summed E-state index contributed by atoms with van der Waals surface area (Å²) in [4.78, 5) is 24.6. The number of benzene rings is 1. The maximum Gasteiger partial charge on any atom is 0.314 e. The molecule has 0 aliphatic heterocycles. The Bertz CT molecular complexity index is 931. The van der Waals surface area contributed by atoms with E-state index in [-0.39, 0.29) is 25.5 Å². The first-order valence-electron chi connectivity index (χ1n) is 14.2. The molecule has 0 heterocycles. The number of aryl methyl sites for hydroxylation is 1. The van der Waals surface area contributed by atoms with Crippen LogP contribution in [0.15, 0.2) is 35.4 Å². The maximum atomic E-state index is 12.3. The van der Waals surface area contributed by atoms with Gasteiger partial charge in [0.1, 0.15) is 11.5 Å². The molecule has 0 aromatic heterocycles.